The number of pyridine rings is 1. The Hall–Kier alpha value is -5.24. The number of halogens is 1. The minimum absolute atomic E-state index is 0.0732. The zero-order valence-electron chi connectivity index (χ0n) is 31.1. The molecule has 8 rings (SSSR count). The number of aryl methyl sites for hydroxylation is 1. The van der Waals surface area contributed by atoms with E-state index in [-0.39, 0.29) is 54.0 Å². The van der Waals surface area contributed by atoms with Crippen LogP contribution >= 0.6 is 11.6 Å². The Labute approximate surface area is 329 Å². The highest BCUT2D eigenvalue weighted by molar-refractivity contribution is 6.31. The molecule has 3 fully saturated rings. The maximum Gasteiger partial charge on any atom is 0.411 e. The van der Waals surface area contributed by atoms with Crippen LogP contribution in [0.2, 0.25) is 5.02 Å². The Kier molecular flexibility index (Phi) is 10.3. The molecule has 290 valence electrons. The van der Waals surface area contributed by atoms with Crippen molar-refractivity contribution in [3.8, 4) is 16.9 Å². The first-order valence-electron chi connectivity index (χ1n) is 18.9. The summed E-state index contributed by atoms with van der Waals surface area (Å²) in [5.41, 5.74) is 5.14. The third-order valence-electron chi connectivity index (χ3n) is 11.6. The van der Waals surface area contributed by atoms with Gasteiger partial charge >= 0.3 is 6.09 Å². The molecule has 0 radical (unpaired) electrons. The number of nitrogens with zero attached hydrogens (tertiary/aromatic N) is 1. The fourth-order valence-corrected chi connectivity index (χ4v) is 8.81. The van der Waals surface area contributed by atoms with E-state index >= 15 is 0 Å². The first kappa shape index (κ1) is 37.7. The summed E-state index contributed by atoms with van der Waals surface area (Å²) >= 11 is 6.59. The molecule has 0 aliphatic carbocycles. The molecular formula is C43H45ClN5O7+. The van der Waals surface area contributed by atoms with Crippen molar-refractivity contribution in [2.24, 2.45) is 0 Å². The van der Waals surface area contributed by atoms with Crippen molar-refractivity contribution in [2.45, 2.75) is 68.7 Å². The summed E-state index contributed by atoms with van der Waals surface area (Å²) in [6.07, 6.45) is 1.17. The fourth-order valence-electron chi connectivity index (χ4n) is 8.56. The van der Waals surface area contributed by atoms with Crippen LogP contribution in [-0.2, 0) is 27.2 Å². The van der Waals surface area contributed by atoms with Crippen LogP contribution in [0.15, 0.2) is 95.8 Å². The third-order valence-corrected chi connectivity index (χ3v) is 12.0. The van der Waals surface area contributed by atoms with Gasteiger partial charge in [-0.25, -0.2) is 4.79 Å². The normalized spacial score (nSPS) is 22.2. The van der Waals surface area contributed by atoms with Gasteiger partial charge < -0.3 is 39.8 Å². The Balaban J connectivity index is 0.855. The van der Waals surface area contributed by atoms with Crippen LogP contribution in [0, 0.1) is 0 Å². The van der Waals surface area contributed by atoms with E-state index in [4.69, 9.17) is 21.1 Å². The van der Waals surface area contributed by atoms with Crippen molar-refractivity contribution in [1.29, 1.82) is 0 Å². The molecule has 0 spiro atoms. The Bertz CT molecular complexity index is 2330. The molecule has 4 aromatic carbocycles. The lowest BCUT2D eigenvalue weighted by atomic mass is 9.96. The number of rotatable bonds is 12. The van der Waals surface area contributed by atoms with Crippen LogP contribution in [0.4, 0.5) is 16.2 Å². The van der Waals surface area contributed by atoms with Gasteiger partial charge in [0.1, 0.15) is 36.1 Å². The summed E-state index contributed by atoms with van der Waals surface area (Å²) < 4.78 is 12.8. The van der Waals surface area contributed by atoms with Crippen molar-refractivity contribution in [1.82, 2.24) is 10.3 Å². The number of hydrogen-bond donors (Lipinski definition) is 6. The van der Waals surface area contributed by atoms with Gasteiger partial charge in [0.25, 0.3) is 0 Å². The van der Waals surface area contributed by atoms with E-state index in [9.17, 15) is 24.6 Å². The van der Waals surface area contributed by atoms with E-state index in [0.717, 1.165) is 39.6 Å². The Morgan fingerprint density at radius 2 is 1.73 bits per heavy atom. The molecule has 6 N–H and O–H groups in total. The van der Waals surface area contributed by atoms with Crippen LogP contribution in [0.1, 0.15) is 42.1 Å². The molecule has 13 heteroatoms. The van der Waals surface area contributed by atoms with Crippen LogP contribution in [0.25, 0.3) is 22.0 Å². The van der Waals surface area contributed by atoms with Gasteiger partial charge in [0.2, 0.25) is 11.5 Å². The monoisotopic (exact) mass is 778 g/mol. The molecule has 3 aliphatic heterocycles. The molecule has 3 aliphatic rings. The topological polar surface area (TPSA) is 165 Å². The number of piperidine rings is 1. The number of ether oxygens (including phenoxy) is 2. The van der Waals surface area contributed by atoms with Gasteiger partial charge in [-0.2, -0.15) is 0 Å². The first-order valence-corrected chi connectivity index (χ1v) is 19.3. The number of aliphatic hydroxyl groups is 1. The van der Waals surface area contributed by atoms with E-state index in [1.807, 2.05) is 54.6 Å². The summed E-state index contributed by atoms with van der Waals surface area (Å²) in [6.45, 7) is 0.545. The number of phenols is 1. The summed E-state index contributed by atoms with van der Waals surface area (Å²) in [7, 11) is 4.49. The summed E-state index contributed by atoms with van der Waals surface area (Å²) in [6, 6.07) is 27.6. The second kappa shape index (κ2) is 15.4. The number of nitrogens with one attached hydrogen (secondary N) is 4. The van der Waals surface area contributed by atoms with E-state index < -0.39 is 12.2 Å². The maximum atomic E-state index is 13.3. The van der Waals surface area contributed by atoms with Gasteiger partial charge in [-0.3, -0.25) is 14.9 Å². The number of likely N-dealkylation sites (N-methyl/N-ethyl adjacent to an activating group) is 1. The number of phenolic OH excluding ortho intramolecular Hbond substituents is 1. The number of hydrogen-bond acceptors (Lipinski definition) is 8. The molecule has 1 unspecified atom stereocenters. The van der Waals surface area contributed by atoms with Crippen molar-refractivity contribution in [3.63, 3.8) is 0 Å². The van der Waals surface area contributed by atoms with Crippen molar-refractivity contribution in [2.75, 3.05) is 31.3 Å². The lowest BCUT2D eigenvalue weighted by molar-refractivity contribution is -0.938. The van der Waals surface area contributed by atoms with Gasteiger partial charge in [0.15, 0.2) is 0 Å². The fraction of sp³-hybridized carbons (Fsp3) is 0.326. The van der Waals surface area contributed by atoms with Crippen LogP contribution in [-0.4, -0.2) is 82.7 Å². The average Bonchev–Trinajstić information content (AvgIpc) is 3.94. The molecule has 2 amide bonds. The number of quaternary nitrogens is 1. The van der Waals surface area contributed by atoms with E-state index in [0.29, 0.717) is 52.4 Å². The SMILES string of the molecule is C[N+]1(C)[C@@H]2CC(OC(=O)Nc3cc(CCC(=O)Nc4ccc(CNC[C@H](O)c5ccc(O)c6[nH]c(=O)ccc56)c(Cl)c4)ccc3-c3ccccc3)C[C@H]1[C@@H]1O[C@@H]12. The highest BCUT2D eigenvalue weighted by Gasteiger charge is 2.70. The number of aliphatic hydroxyl groups excluding tert-OH is 1. The van der Waals surface area contributed by atoms with Gasteiger partial charge in [-0.1, -0.05) is 66.2 Å². The molecule has 2 bridgehead atoms. The van der Waals surface area contributed by atoms with E-state index in [1.165, 1.54) is 12.1 Å². The molecule has 6 atom stereocenters. The van der Waals surface area contributed by atoms with Gasteiger partial charge in [-0.15, -0.1) is 0 Å². The van der Waals surface area contributed by atoms with Crippen LogP contribution in [0.5, 0.6) is 5.75 Å². The molecule has 12 nitrogen and oxygen atoms in total. The van der Waals surface area contributed by atoms with Crippen molar-refractivity contribution < 1.29 is 33.8 Å². The minimum Gasteiger partial charge on any atom is -0.506 e. The highest BCUT2D eigenvalue weighted by atomic mass is 35.5. The van der Waals surface area contributed by atoms with Gasteiger partial charge in [-0.05, 0) is 59.0 Å². The van der Waals surface area contributed by atoms with Crippen molar-refractivity contribution in [3.05, 3.63) is 123 Å². The van der Waals surface area contributed by atoms with Crippen molar-refractivity contribution >= 4 is 45.9 Å². The molecule has 4 heterocycles. The second-order valence-electron chi connectivity index (χ2n) is 15.5. The second-order valence-corrected chi connectivity index (χ2v) is 15.9. The quantitative estimate of drug-likeness (QED) is 0.0639. The number of amides is 2. The Morgan fingerprint density at radius 1 is 0.964 bits per heavy atom. The molecule has 0 saturated carbocycles. The number of carbonyl (C=O) groups excluding carboxylic acids is 2. The maximum absolute atomic E-state index is 13.3. The number of fused-ring (bicyclic) bond motifs is 6. The molecule has 56 heavy (non-hydrogen) atoms. The number of epoxide rings is 1. The smallest absolute Gasteiger partial charge is 0.411 e. The summed E-state index contributed by atoms with van der Waals surface area (Å²) in [4.78, 5) is 40.7. The molecule has 5 aromatic rings. The zero-order chi connectivity index (χ0) is 39.1. The zero-order valence-corrected chi connectivity index (χ0v) is 31.9. The average molecular weight is 779 g/mol. The standard InChI is InChI=1S/C43H44ClN5O7/c1-49(2)34-20-28(21-35(49)42-41(34)56-42)55-43(54)47-33-18-24(8-12-29(33)25-6-4-3-5-7-25)9-16-38(52)46-27-11-10-26(32(44)19-27)22-45-23-37(51)30-13-15-36(50)40-31(30)14-17-39(53)48-40/h3-8,10-15,17-19,28,34-35,37,41-42,45,51H,9,16,20-23H2,1-2H3,(H3-,46,47,48,50,52,53,54)/p+1/t28?,34-,35+,37-,41-,42+/m0/s1. The third kappa shape index (κ3) is 7.75. The minimum atomic E-state index is -0.915. The van der Waals surface area contributed by atoms with Gasteiger partial charge in [0, 0.05) is 60.1 Å². The number of aromatic hydroxyl groups is 1. The summed E-state index contributed by atoms with van der Waals surface area (Å²) in [5, 5.41) is 31.2. The number of morpholine rings is 1. The summed E-state index contributed by atoms with van der Waals surface area (Å²) in [5.74, 6) is -0.259. The lowest BCUT2D eigenvalue weighted by Crippen LogP contribution is -2.60. The lowest BCUT2D eigenvalue weighted by Gasteiger charge is -2.45. The first-order chi connectivity index (χ1) is 26.9. The number of aromatic amines is 1. The highest BCUT2D eigenvalue weighted by Crippen LogP contribution is 2.51. The predicted octanol–water partition coefficient (Wildman–Crippen LogP) is 6.25. The molecule has 3 saturated heterocycles. The number of carbonyl (C=O) groups is 2. The van der Waals surface area contributed by atoms with E-state index in [1.54, 1.807) is 24.3 Å². The largest absolute Gasteiger partial charge is 0.506 e. The van der Waals surface area contributed by atoms with E-state index in [2.05, 4.69) is 35.0 Å². The van der Waals surface area contributed by atoms with Crippen LogP contribution in [0.3, 0.4) is 0 Å². The number of benzene rings is 4. The molecular weight excluding hydrogens is 734 g/mol. The van der Waals surface area contributed by atoms with Gasteiger partial charge in [0.05, 0.1) is 31.4 Å². The number of aromatic nitrogens is 1. The number of H-pyrrole nitrogens is 1. The predicted molar refractivity (Wildman–Crippen MR) is 215 cm³/mol. The Morgan fingerprint density at radius 3 is 2.48 bits per heavy atom. The number of anilines is 2. The van der Waals surface area contributed by atoms with Crippen LogP contribution < -0.4 is 21.5 Å². The molecule has 1 aromatic heterocycles.